The molecule has 3 heteroatoms. The lowest BCUT2D eigenvalue weighted by molar-refractivity contribution is 0.339. The summed E-state index contributed by atoms with van der Waals surface area (Å²) in [6.07, 6.45) is 0. The first kappa shape index (κ1) is 13.9. The molecular weight excluding hydrogens is 258 g/mol. The summed E-state index contributed by atoms with van der Waals surface area (Å²) in [7, 11) is 1.95. The molecule has 0 saturated heterocycles. The first-order valence-electron chi connectivity index (χ1n) is 6.40. The summed E-state index contributed by atoms with van der Waals surface area (Å²) in [5.41, 5.74) is 2.36. The van der Waals surface area contributed by atoms with Crippen molar-refractivity contribution in [1.82, 2.24) is 5.32 Å². The van der Waals surface area contributed by atoms with Crippen molar-refractivity contribution >= 4 is 11.6 Å². The highest BCUT2D eigenvalue weighted by Crippen LogP contribution is 2.26. The zero-order chi connectivity index (χ0) is 13.7. The maximum Gasteiger partial charge on any atom is 0.119 e. The lowest BCUT2D eigenvalue weighted by atomic mass is 9.99. The van der Waals surface area contributed by atoms with Gasteiger partial charge in [0, 0.05) is 5.02 Å². The number of rotatable bonds is 5. The van der Waals surface area contributed by atoms with Crippen molar-refractivity contribution < 1.29 is 4.74 Å². The maximum atomic E-state index is 5.93. The van der Waals surface area contributed by atoms with E-state index < -0.39 is 0 Å². The molecule has 0 fully saturated rings. The van der Waals surface area contributed by atoms with Crippen LogP contribution in [0.5, 0.6) is 5.75 Å². The number of hydrogen-bond donors (Lipinski definition) is 1. The van der Waals surface area contributed by atoms with Gasteiger partial charge in [0.25, 0.3) is 0 Å². The van der Waals surface area contributed by atoms with Gasteiger partial charge in [0.2, 0.25) is 0 Å². The Kier molecular flexibility index (Phi) is 4.83. The summed E-state index contributed by atoms with van der Waals surface area (Å²) >= 11 is 5.93. The Hall–Kier alpha value is -1.51. The first-order chi connectivity index (χ1) is 9.24. The number of hydrogen-bond acceptors (Lipinski definition) is 2. The van der Waals surface area contributed by atoms with Gasteiger partial charge in [-0.25, -0.2) is 0 Å². The fraction of sp³-hybridized carbons (Fsp3) is 0.250. The van der Waals surface area contributed by atoms with Crippen LogP contribution in [0, 0.1) is 0 Å². The number of nitrogens with one attached hydrogen (secondary N) is 1. The average Bonchev–Trinajstić information content (AvgIpc) is 2.43. The molecule has 0 bridgehead atoms. The van der Waals surface area contributed by atoms with Crippen LogP contribution in [-0.4, -0.2) is 13.7 Å². The van der Waals surface area contributed by atoms with Gasteiger partial charge in [0.05, 0.1) is 12.6 Å². The van der Waals surface area contributed by atoms with Crippen LogP contribution in [0.4, 0.5) is 0 Å². The molecule has 0 aliphatic heterocycles. The van der Waals surface area contributed by atoms with Gasteiger partial charge in [-0.05, 0) is 49.4 Å². The SMILES string of the molecule is CCOc1cccc(C(NC)c2ccc(Cl)cc2)c1. The lowest BCUT2D eigenvalue weighted by Gasteiger charge is -2.18. The normalized spacial score (nSPS) is 12.2. The second kappa shape index (κ2) is 6.60. The summed E-state index contributed by atoms with van der Waals surface area (Å²) in [6, 6.07) is 16.2. The molecule has 0 amide bonds. The molecule has 0 heterocycles. The third-order valence-corrected chi connectivity index (χ3v) is 3.25. The van der Waals surface area contributed by atoms with Gasteiger partial charge in [0.1, 0.15) is 5.75 Å². The lowest BCUT2D eigenvalue weighted by Crippen LogP contribution is -2.17. The van der Waals surface area contributed by atoms with E-state index in [0.717, 1.165) is 10.8 Å². The molecule has 0 radical (unpaired) electrons. The third kappa shape index (κ3) is 3.49. The number of ether oxygens (including phenoxy) is 1. The average molecular weight is 276 g/mol. The van der Waals surface area contributed by atoms with E-state index >= 15 is 0 Å². The molecule has 1 atom stereocenters. The predicted octanol–water partition coefficient (Wildman–Crippen LogP) is 4.05. The quantitative estimate of drug-likeness (QED) is 0.889. The monoisotopic (exact) mass is 275 g/mol. The van der Waals surface area contributed by atoms with Crippen LogP contribution in [0.25, 0.3) is 0 Å². The highest BCUT2D eigenvalue weighted by molar-refractivity contribution is 6.30. The van der Waals surface area contributed by atoms with Crippen LogP contribution in [0.3, 0.4) is 0 Å². The zero-order valence-corrected chi connectivity index (χ0v) is 11.9. The Balaban J connectivity index is 2.30. The van der Waals surface area contributed by atoms with Crippen molar-refractivity contribution in [3.63, 3.8) is 0 Å². The Bertz CT molecular complexity index is 525. The van der Waals surface area contributed by atoms with Crippen LogP contribution in [0.15, 0.2) is 48.5 Å². The molecule has 2 rings (SSSR count). The second-order valence-electron chi connectivity index (χ2n) is 4.28. The fourth-order valence-electron chi connectivity index (χ4n) is 2.13. The van der Waals surface area contributed by atoms with E-state index in [9.17, 15) is 0 Å². The van der Waals surface area contributed by atoms with Crippen LogP contribution >= 0.6 is 11.6 Å². The van der Waals surface area contributed by atoms with Crippen molar-refractivity contribution in [2.75, 3.05) is 13.7 Å². The van der Waals surface area contributed by atoms with E-state index in [2.05, 4.69) is 17.4 Å². The molecule has 2 aromatic carbocycles. The van der Waals surface area contributed by atoms with Gasteiger partial charge in [-0.15, -0.1) is 0 Å². The van der Waals surface area contributed by atoms with Crippen LogP contribution in [-0.2, 0) is 0 Å². The molecule has 0 spiro atoms. The Morgan fingerprint density at radius 2 is 1.84 bits per heavy atom. The van der Waals surface area contributed by atoms with E-state index in [4.69, 9.17) is 16.3 Å². The number of benzene rings is 2. The van der Waals surface area contributed by atoms with Crippen molar-refractivity contribution in [3.8, 4) is 5.75 Å². The molecule has 1 unspecified atom stereocenters. The topological polar surface area (TPSA) is 21.3 Å². The Labute approximate surface area is 119 Å². The summed E-state index contributed by atoms with van der Waals surface area (Å²) in [5, 5.41) is 4.08. The molecule has 1 N–H and O–H groups in total. The zero-order valence-electron chi connectivity index (χ0n) is 11.2. The van der Waals surface area contributed by atoms with Crippen molar-refractivity contribution in [2.24, 2.45) is 0 Å². The second-order valence-corrected chi connectivity index (χ2v) is 4.72. The fourth-order valence-corrected chi connectivity index (χ4v) is 2.26. The van der Waals surface area contributed by atoms with E-state index in [1.807, 2.05) is 50.4 Å². The summed E-state index contributed by atoms with van der Waals surface area (Å²) < 4.78 is 5.55. The summed E-state index contributed by atoms with van der Waals surface area (Å²) in [5.74, 6) is 0.897. The van der Waals surface area contributed by atoms with Gasteiger partial charge in [-0.3, -0.25) is 0 Å². The van der Waals surface area contributed by atoms with Gasteiger partial charge >= 0.3 is 0 Å². The molecule has 0 saturated carbocycles. The van der Waals surface area contributed by atoms with Crippen molar-refractivity contribution in [2.45, 2.75) is 13.0 Å². The van der Waals surface area contributed by atoms with Crippen LogP contribution in [0.1, 0.15) is 24.1 Å². The smallest absolute Gasteiger partial charge is 0.119 e. The Morgan fingerprint density at radius 1 is 1.11 bits per heavy atom. The highest BCUT2D eigenvalue weighted by atomic mass is 35.5. The van der Waals surface area contributed by atoms with Crippen molar-refractivity contribution in [1.29, 1.82) is 0 Å². The maximum absolute atomic E-state index is 5.93. The molecule has 0 aliphatic carbocycles. The van der Waals surface area contributed by atoms with Gasteiger partial charge in [-0.1, -0.05) is 35.9 Å². The number of halogens is 1. The molecule has 2 aromatic rings. The summed E-state index contributed by atoms with van der Waals surface area (Å²) in [4.78, 5) is 0. The van der Waals surface area contributed by atoms with E-state index in [0.29, 0.717) is 6.61 Å². The van der Waals surface area contributed by atoms with E-state index in [1.54, 1.807) is 0 Å². The van der Waals surface area contributed by atoms with Crippen molar-refractivity contribution in [3.05, 3.63) is 64.7 Å². The molecule has 19 heavy (non-hydrogen) atoms. The Morgan fingerprint density at radius 3 is 2.47 bits per heavy atom. The third-order valence-electron chi connectivity index (χ3n) is 2.99. The predicted molar refractivity (Wildman–Crippen MR) is 80.0 cm³/mol. The van der Waals surface area contributed by atoms with E-state index in [-0.39, 0.29) is 6.04 Å². The summed E-state index contributed by atoms with van der Waals surface area (Å²) in [6.45, 7) is 2.66. The standard InChI is InChI=1S/C16H18ClNO/c1-3-19-15-6-4-5-13(11-15)16(18-2)12-7-9-14(17)10-8-12/h4-11,16,18H,3H2,1-2H3. The van der Waals surface area contributed by atoms with Gasteiger partial charge in [0.15, 0.2) is 0 Å². The minimum Gasteiger partial charge on any atom is -0.494 e. The minimum absolute atomic E-state index is 0.137. The molecule has 2 nitrogen and oxygen atoms in total. The van der Waals surface area contributed by atoms with Gasteiger partial charge < -0.3 is 10.1 Å². The molecule has 0 aromatic heterocycles. The molecule has 0 aliphatic rings. The van der Waals surface area contributed by atoms with Gasteiger partial charge in [-0.2, -0.15) is 0 Å². The minimum atomic E-state index is 0.137. The van der Waals surface area contributed by atoms with E-state index in [1.165, 1.54) is 11.1 Å². The molecular formula is C16H18ClNO. The van der Waals surface area contributed by atoms with Crippen LogP contribution in [0.2, 0.25) is 5.02 Å². The largest absolute Gasteiger partial charge is 0.494 e. The highest BCUT2D eigenvalue weighted by Gasteiger charge is 2.12. The molecule has 100 valence electrons. The first-order valence-corrected chi connectivity index (χ1v) is 6.78. The van der Waals surface area contributed by atoms with Crippen LogP contribution < -0.4 is 10.1 Å².